The summed E-state index contributed by atoms with van der Waals surface area (Å²) in [6, 6.07) is 7.65. The first-order valence-electron chi connectivity index (χ1n) is 7.25. The second-order valence-electron chi connectivity index (χ2n) is 4.82. The molecule has 1 aromatic heterocycles. The lowest BCUT2D eigenvalue weighted by atomic mass is 10.1. The van der Waals surface area contributed by atoms with Gasteiger partial charge in [0, 0.05) is 6.54 Å². The molecule has 0 bridgehead atoms. The van der Waals surface area contributed by atoms with E-state index in [0.717, 1.165) is 11.3 Å². The van der Waals surface area contributed by atoms with Crippen LogP contribution in [0.15, 0.2) is 30.5 Å². The number of carbonyl (C=O) groups excluding carboxylic acids is 2. The average Bonchev–Trinajstić information content (AvgIpc) is 3.02. The molecule has 0 saturated heterocycles. The molecule has 0 fully saturated rings. The van der Waals surface area contributed by atoms with E-state index in [4.69, 9.17) is 4.74 Å². The Kier molecular flexibility index (Phi) is 6.12. The van der Waals surface area contributed by atoms with Gasteiger partial charge >= 0.3 is 6.09 Å². The zero-order valence-electron chi connectivity index (χ0n) is 13.5. The minimum atomic E-state index is -0.647. The van der Waals surface area contributed by atoms with Gasteiger partial charge in [-0.15, -0.1) is 5.10 Å². The first kappa shape index (κ1) is 17.3. The predicted molar refractivity (Wildman–Crippen MR) is 85.8 cm³/mol. The average molecular weight is 333 g/mol. The summed E-state index contributed by atoms with van der Waals surface area (Å²) in [5.74, 6) is 0.792. The molecular weight excluding hydrogens is 314 g/mol. The van der Waals surface area contributed by atoms with Gasteiger partial charge in [0.15, 0.2) is 5.82 Å². The van der Waals surface area contributed by atoms with E-state index < -0.39 is 6.09 Å². The summed E-state index contributed by atoms with van der Waals surface area (Å²) in [6.45, 7) is 0.463. The van der Waals surface area contributed by atoms with Gasteiger partial charge in [-0.3, -0.25) is 10.1 Å². The van der Waals surface area contributed by atoms with E-state index in [0.29, 0.717) is 13.0 Å². The van der Waals surface area contributed by atoms with Gasteiger partial charge in [0.25, 0.3) is 0 Å². The van der Waals surface area contributed by atoms with Crippen LogP contribution in [-0.4, -0.2) is 47.8 Å². The van der Waals surface area contributed by atoms with E-state index in [9.17, 15) is 9.59 Å². The number of ether oxygens (including phenoxy) is 2. The number of anilines is 1. The van der Waals surface area contributed by atoms with Crippen LogP contribution in [0, 0.1) is 0 Å². The van der Waals surface area contributed by atoms with Crippen molar-refractivity contribution in [3.63, 3.8) is 0 Å². The molecule has 0 spiro atoms. The topological polar surface area (TPSA) is 107 Å². The Labute approximate surface area is 138 Å². The second kappa shape index (κ2) is 8.51. The molecule has 9 nitrogen and oxygen atoms in total. The van der Waals surface area contributed by atoms with Gasteiger partial charge in [-0.2, -0.15) is 9.90 Å². The highest BCUT2D eigenvalue weighted by molar-refractivity contribution is 5.82. The van der Waals surface area contributed by atoms with Crippen molar-refractivity contribution in [3.05, 3.63) is 36.0 Å². The van der Waals surface area contributed by atoms with Gasteiger partial charge in [-0.25, -0.2) is 4.79 Å². The number of carbonyl (C=O) groups is 2. The highest BCUT2D eigenvalue weighted by atomic mass is 16.5. The third-order valence-electron chi connectivity index (χ3n) is 3.13. The summed E-state index contributed by atoms with van der Waals surface area (Å²) in [5, 5.41) is 13.0. The van der Waals surface area contributed by atoms with Gasteiger partial charge in [0.05, 0.1) is 20.4 Å². The first-order valence-corrected chi connectivity index (χ1v) is 7.25. The minimum Gasteiger partial charge on any atom is -0.497 e. The van der Waals surface area contributed by atoms with Gasteiger partial charge in [-0.1, -0.05) is 12.1 Å². The second-order valence-corrected chi connectivity index (χ2v) is 4.82. The van der Waals surface area contributed by atoms with Crippen LogP contribution in [0.25, 0.3) is 0 Å². The molecular formula is C15H19N5O4. The number of benzene rings is 1. The number of aromatic nitrogens is 3. The zero-order chi connectivity index (χ0) is 17.4. The summed E-state index contributed by atoms with van der Waals surface area (Å²) >= 11 is 0. The molecule has 9 heteroatoms. The fourth-order valence-electron chi connectivity index (χ4n) is 1.91. The Morgan fingerprint density at radius 1 is 1.21 bits per heavy atom. The van der Waals surface area contributed by atoms with Gasteiger partial charge in [0.1, 0.15) is 12.3 Å². The van der Waals surface area contributed by atoms with E-state index in [2.05, 4.69) is 25.6 Å². The molecule has 2 aromatic rings. The lowest BCUT2D eigenvalue weighted by Gasteiger charge is -2.06. The van der Waals surface area contributed by atoms with Crippen molar-refractivity contribution in [1.82, 2.24) is 20.3 Å². The molecule has 128 valence electrons. The SMILES string of the molecule is COC(=O)Nc1cnn(CC(=O)NCCc2ccc(OC)cc2)n1. The van der Waals surface area contributed by atoms with E-state index in [1.54, 1.807) is 7.11 Å². The molecule has 2 N–H and O–H groups in total. The third kappa shape index (κ3) is 5.27. The summed E-state index contributed by atoms with van der Waals surface area (Å²) in [7, 11) is 2.86. The fraction of sp³-hybridized carbons (Fsp3) is 0.333. The Bertz CT molecular complexity index is 683. The minimum absolute atomic E-state index is 0.0362. The first-order chi connectivity index (χ1) is 11.6. The van der Waals surface area contributed by atoms with Crippen molar-refractivity contribution < 1.29 is 19.1 Å². The van der Waals surface area contributed by atoms with Gasteiger partial charge in [0.2, 0.25) is 5.91 Å². The summed E-state index contributed by atoms with van der Waals surface area (Å²) in [4.78, 5) is 24.1. The van der Waals surface area contributed by atoms with Crippen LogP contribution in [-0.2, 0) is 22.5 Å². The lowest BCUT2D eigenvalue weighted by Crippen LogP contribution is -2.30. The normalized spacial score (nSPS) is 10.1. The molecule has 1 heterocycles. The number of methoxy groups -OCH3 is 2. The Balaban J connectivity index is 1.73. The maximum absolute atomic E-state index is 11.8. The van der Waals surface area contributed by atoms with Crippen molar-refractivity contribution in [2.45, 2.75) is 13.0 Å². The van der Waals surface area contributed by atoms with Crippen molar-refractivity contribution in [3.8, 4) is 5.75 Å². The van der Waals surface area contributed by atoms with Crippen molar-refractivity contribution >= 4 is 17.8 Å². The smallest absolute Gasteiger partial charge is 0.412 e. The maximum Gasteiger partial charge on any atom is 0.412 e. The van der Waals surface area contributed by atoms with Crippen LogP contribution in [0.2, 0.25) is 0 Å². The summed E-state index contributed by atoms with van der Waals surface area (Å²) in [5.41, 5.74) is 1.10. The number of rotatable bonds is 7. The van der Waals surface area contributed by atoms with Crippen molar-refractivity contribution in [2.24, 2.45) is 0 Å². The van der Waals surface area contributed by atoms with Gasteiger partial charge < -0.3 is 14.8 Å². The number of hydrogen-bond acceptors (Lipinski definition) is 6. The van der Waals surface area contributed by atoms with Crippen molar-refractivity contribution in [1.29, 1.82) is 0 Å². The molecule has 2 rings (SSSR count). The summed E-state index contributed by atoms with van der Waals surface area (Å²) in [6.07, 6.45) is 1.39. The molecule has 24 heavy (non-hydrogen) atoms. The largest absolute Gasteiger partial charge is 0.497 e. The monoisotopic (exact) mass is 333 g/mol. The fourth-order valence-corrected chi connectivity index (χ4v) is 1.91. The van der Waals surface area contributed by atoms with Crippen LogP contribution in [0.5, 0.6) is 5.75 Å². The molecule has 0 aliphatic heterocycles. The number of hydrogen-bond donors (Lipinski definition) is 2. The maximum atomic E-state index is 11.8. The number of amides is 2. The molecule has 0 aliphatic carbocycles. The van der Waals surface area contributed by atoms with Crippen LogP contribution in [0.4, 0.5) is 10.6 Å². The Morgan fingerprint density at radius 3 is 2.62 bits per heavy atom. The lowest BCUT2D eigenvalue weighted by molar-refractivity contribution is -0.122. The van der Waals surface area contributed by atoms with Crippen molar-refractivity contribution in [2.75, 3.05) is 26.1 Å². The van der Waals surface area contributed by atoms with E-state index in [-0.39, 0.29) is 18.3 Å². The molecule has 0 aliphatic rings. The third-order valence-corrected chi connectivity index (χ3v) is 3.13. The van der Waals surface area contributed by atoms with E-state index in [1.807, 2.05) is 24.3 Å². The molecule has 0 unspecified atom stereocenters. The number of nitrogens with zero attached hydrogens (tertiary/aromatic N) is 3. The Morgan fingerprint density at radius 2 is 1.96 bits per heavy atom. The predicted octanol–water partition coefficient (Wildman–Crippen LogP) is 0.824. The van der Waals surface area contributed by atoms with Gasteiger partial charge in [-0.05, 0) is 24.1 Å². The van der Waals surface area contributed by atoms with E-state index in [1.165, 1.54) is 18.1 Å². The zero-order valence-corrected chi connectivity index (χ0v) is 13.5. The van der Waals surface area contributed by atoms with Crippen LogP contribution in [0.3, 0.4) is 0 Å². The molecule has 1 aromatic carbocycles. The number of nitrogens with one attached hydrogen (secondary N) is 2. The highest BCUT2D eigenvalue weighted by Gasteiger charge is 2.08. The molecule has 0 atom stereocenters. The molecule has 2 amide bonds. The van der Waals surface area contributed by atoms with Crippen LogP contribution < -0.4 is 15.4 Å². The van der Waals surface area contributed by atoms with E-state index >= 15 is 0 Å². The summed E-state index contributed by atoms with van der Waals surface area (Å²) < 4.78 is 9.53. The molecule has 0 saturated carbocycles. The van der Waals surface area contributed by atoms with Crippen LogP contribution in [0.1, 0.15) is 5.56 Å². The quantitative estimate of drug-likeness (QED) is 0.777. The standard InChI is InChI=1S/C15H19N5O4/c1-23-12-5-3-11(4-6-12)7-8-16-14(21)10-20-17-9-13(19-20)18-15(22)24-2/h3-6,9H,7-8,10H2,1-2H3,(H,16,21)(H,18,19,22). The molecule has 0 radical (unpaired) electrons. The van der Waals surface area contributed by atoms with Crippen LogP contribution >= 0.6 is 0 Å². The highest BCUT2D eigenvalue weighted by Crippen LogP contribution is 2.11. The Hall–Kier alpha value is -3.10.